The first kappa shape index (κ1) is 21.1. The Kier molecular flexibility index (Phi) is 5.73. The Balaban J connectivity index is 1.32. The fraction of sp³-hybridized carbons (Fsp3) is 0.259. The van der Waals surface area contributed by atoms with Crippen molar-refractivity contribution >= 4 is 11.8 Å². The molecule has 2 aliphatic heterocycles. The predicted octanol–water partition coefficient (Wildman–Crippen LogP) is 3.90. The summed E-state index contributed by atoms with van der Waals surface area (Å²) >= 11 is 0. The van der Waals surface area contributed by atoms with Gasteiger partial charge in [0.1, 0.15) is 0 Å². The normalized spacial score (nSPS) is 18.9. The monoisotopic (exact) mass is 442 g/mol. The average Bonchev–Trinajstić information content (AvgIpc) is 3.50. The Morgan fingerprint density at radius 2 is 1.70 bits per heavy atom. The lowest BCUT2D eigenvalue weighted by molar-refractivity contribution is -0.125. The number of benzene rings is 3. The van der Waals surface area contributed by atoms with Gasteiger partial charge in [-0.05, 0) is 42.3 Å². The number of hydrogen-bond donors (Lipinski definition) is 1. The Morgan fingerprint density at radius 1 is 0.939 bits per heavy atom. The minimum absolute atomic E-state index is 0.0398. The van der Waals surface area contributed by atoms with E-state index in [-0.39, 0.29) is 30.4 Å². The third kappa shape index (κ3) is 4.42. The summed E-state index contributed by atoms with van der Waals surface area (Å²) < 4.78 is 10.8. The second-order valence-corrected chi connectivity index (χ2v) is 8.61. The lowest BCUT2D eigenvalue weighted by Gasteiger charge is -2.18. The summed E-state index contributed by atoms with van der Waals surface area (Å²) in [7, 11) is 0. The van der Waals surface area contributed by atoms with Gasteiger partial charge in [-0.2, -0.15) is 0 Å². The highest BCUT2D eigenvalue weighted by Gasteiger charge is 2.40. The van der Waals surface area contributed by atoms with Crippen molar-refractivity contribution in [3.8, 4) is 11.5 Å². The van der Waals surface area contributed by atoms with Gasteiger partial charge in [-0.25, -0.2) is 0 Å². The van der Waals surface area contributed by atoms with Crippen molar-refractivity contribution in [3.05, 3.63) is 95.1 Å². The molecule has 0 aliphatic carbocycles. The minimum atomic E-state index is -0.323. The van der Waals surface area contributed by atoms with Gasteiger partial charge in [0.25, 0.3) is 5.91 Å². The van der Waals surface area contributed by atoms with Crippen LogP contribution >= 0.6 is 0 Å². The number of amides is 2. The summed E-state index contributed by atoms with van der Waals surface area (Å²) in [4.78, 5) is 28.2. The van der Waals surface area contributed by atoms with Gasteiger partial charge in [0.05, 0.1) is 5.92 Å². The summed E-state index contributed by atoms with van der Waals surface area (Å²) in [6.45, 7) is 3.50. The van der Waals surface area contributed by atoms with Crippen molar-refractivity contribution in [1.82, 2.24) is 10.2 Å². The van der Waals surface area contributed by atoms with Gasteiger partial charge >= 0.3 is 0 Å². The number of likely N-dealkylation sites (tertiary alicyclic amines) is 1. The zero-order valence-electron chi connectivity index (χ0n) is 18.5. The Labute approximate surface area is 193 Å². The standard InChI is InChI=1S/C27H26N2O4/c1-18-7-10-21(11-8-18)27(31)29-15-22(20-5-3-2-4-6-20)23(16-29)26(30)28-14-19-9-12-24-25(13-19)33-17-32-24/h2-13,22-23H,14-17H2,1H3,(H,28,30)/t22-,23-/m0/s1. The van der Waals surface area contributed by atoms with E-state index in [2.05, 4.69) is 5.32 Å². The number of carbonyl (C=O) groups is 2. The first-order chi connectivity index (χ1) is 16.1. The van der Waals surface area contributed by atoms with E-state index in [0.29, 0.717) is 30.9 Å². The molecule has 5 rings (SSSR count). The molecule has 168 valence electrons. The van der Waals surface area contributed by atoms with E-state index in [1.807, 2.05) is 79.7 Å². The minimum Gasteiger partial charge on any atom is -0.454 e. The molecule has 0 spiro atoms. The third-order valence-electron chi connectivity index (χ3n) is 6.37. The van der Waals surface area contributed by atoms with Gasteiger partial charge in [-0.1, -0.05) is 54.1 Å². The fourth-order valence-corrected chi connectivity index (χ4v) is 4.52. The highest BCUT2D eigenvalue weighted by Crippen LogP contribution is 2.35. The van der Waals surface area contributed by atoms with E-state index in [1.165, 1.54) is 0 Å². The molecule has 1 fully saturated rings. The van der Waals surface area contributed by atoms with E-state index in [1.54, 1.807) is 4.90 Å². The number of rotatable bonds is 5. The molecule has 0 radical (unpaired) electrons. The summed E-state index contributed by atoms with van der Waals surface area (Å²) in [5, 5.41) is 3.07. The van der Waals surface area contributed by atoms with E-state index in [4.69, 9.17) is 9.47 Å². The van der Waals surface area contributed by atoms with Crippen LogP contribution in [0.4, 0.5) is 0 Å². The van der Waals surface area contributed by atoms with E-state index in [0.717, 1.165) is 22.4 Å². The van der Waals surface area contributed by atoms with Gasteiger partial charge < -0.3 is 19.7 Å². The van der Waals surface area contributed by atoms with Crippen molar-refractivity contribution in [3.63, 3.8) is 0 Å². The SMILES string of the molecule is Cc1ccc(C(=O)N2C[C@H](C(=O)NCc3ccc4c(c3)OCO4)[C@H](c3ccccc3)C2)cc1. The zero-order valence-corrected chi connectivity index (χ0v) is 18.5. The molecule has 2 atom stereocenters. The largest absolute Gasteiger partial charge is 0.454 e. The number of ether oxygens (including phenoxy) is 2. The number of nitrogens with zero attached hydrogens (tertiary/aromatic N) is 1. The molecule has 0 aromatic heterocycles. The second kappa shape index (κ2) is 8.98. The molecule has 0 saturated carbocycles. The van der Waals surface area contributed by atoms with Gasteiger partial charge in [0, 0.05) is 31.1 Å². The molecule has 3 aromatic carbocycles. The summed E-state index contributed by atoms with van der Waals surface area (Å²) in [6.07, 6.45) is 0. The van der Waals surface area contributed by atoms with Gasteiger partial charge in [0.2, 0.25) is 12.7 Å². The molecular weight excluding hydrogens is 416 g/mol. The van der Waals surface area contributed by atoms with Crippen molar-refractivity contribution in [2.45, 2.75) is 19.4 Å². The van der Waals surface area contributed by atoms with Crippen LogP contribution in [0.1, 0.15) is 33.0 Å². The van der Waals surface area contributed by atoms with Gasteiger partial charge in [-0.3, -0.25) is 9.59 Å². The topological polar surface area (TPSA) is 67.9 Å². The molecular formula is C27H26N2O4. The maximum absolute atomic E-state index is 13.3. The lowest BCUT2D eigenvalue weighted by atomic mass is 9.88. The Morgan fingerprint density at radius 3 is 2.48 bits per heavy atom. The van der Waals surface area contributed by atoms with Crippen LogP contribution in [0, 0.1) is 12.8 Å². The Bertz CT molecular complexity index is 1160. The molecule has 6 nitrogen and oxygen atoms in total. The molecule has 2 aliphatic rings. The predicted molar refractivity (Wildman–Crippen MR) is 124 cm³/mol. The summed E-state index contributed by atoms with van der Waals surface area (Å²) in [5.41, 5.74) is 3.76. The first-order valence-corrected chi connectivity index (χ1v) is 11.2. The smallest absolute Gasteiger partial charge is 0.253 e. The molecule has 1 saturated heterocycles. The fourth-order valence-electron chi connectivity index (χ4n) is 4.52. The second-order valence-electron chi connectivity index (χ2n) is 8.61. The molecule has 3 aromatic rings. The van der Waals surface area contributed by atoms with Crippen LogP contribution in [0.15, 0.2) is 72.8 Å². The Hall–Kier alpha value is -3.80. The molecule has 6 heteroatoms. The van der Waals surface area contributed by atoms with Crippen molar-refractivity contribution in [2.75, 3.05) is 19.9 Å². The zero-order chi connectivity index (χ0) is 22.8. The van der Waals surface area contributed by atoms with Crippen molar-refractivity contribution < 1.29 is 19.1 Å². The van der Waals surface area contributed by atoms with Crippen LogP contribution in [0.2, 0.25) is 0 Å². The summed E-state index contributed by atoms with van der Waals surface area (Å²) in [6, 6.07) is 23.2. The number of aryl methyl sites for hydroxylation is 1. The third-order valence-corrected chi connectivity index (χ3v) is 6.37. The van der Waals surface area contributed by atoms with Crippen LogP contribution in [0.3, 0.4) is 0 Å². The summed E-state index contributed by atoms with van der Waals surface area (Å²) in [5.74, 6) is 0.936. The van der Waals surface area contributed by atoms with Crippen LogP contribution in [-0.4, -0.2) is 36.6 Å². The van der Waals surface area contributed by atoms with Gasteiger partial charge in [0.15, 0.2) is 11.5 Å². The van der Waals surface area contributed by atoms with E-state index < -0.39 is 0 Å². The van der Waals surface area contributed by atoms with Crippen LogP contribution in [-0.2, 0) is 11.3 Å². The van der Waals surface area contributed by atoms with Crippen LogP contribution in [0.25, 0.3) is 0 Å². The van der Waals surface area contributed by atoms with Gasteiger partial charge in [-0.15, -0.1) is 0 Å². The first-order valence-electron chi connectivity index (χ1n) is 11.2. The molecule has 2 amide bonds. The molecule has 0 unspecified atom stereocenters. The number of nitrogens with one attached hydrogen (secondary N) is 1. The lowest BCUT2D eigenvalue weighted by Crippen LogP contribution is -2.35. The van der Waals surface area contributed by atoms with Crippen LogP contribution in [0.5, 0.6) is 11.5 Å². The number of carbonyl (C=O) groups excluding carboxylic acids is 2. The van der Waals surface area contributed by atoms with Crippen molar-refractivity contribution in [2.24, 2.45) is 5.92 Å². The molecule has 33 heavy (non-hydrogen) atoms. The van der Waals surface area contributed by atoms with E-state index >= 15 is 0 Å². The maximum atomic E-state index is 13.3. The van der Waals surface area contributed by atoms with E-state index in [9.17, 15) is 9.59 Å². The molecule has 0 bridgehead atoms. The highest BCUT2D eigenvalue weighted by molar-refractivity contribution is 5.95. The van der Waals surface area contributed by atoms with Crippen LogP contribution < -0.4 is 14.8 Å². The molecule has 1 N–H and O–H groups in total. The average molecular weight is 443 g/mol. The highest BCUT2D eigenvalue weighted by atomic mass is 16.7. The quantitative estimate of drug-likeness (QED) is 0.651. The number of hydrogen-bond acceptors (Lipinski definition) is 4. The molecule has 2 heterocycles. The number of fused-ring (bicyclic) bond motifs is 1. The maximum Gasteiger partial charge on any atom is 0.253 e. The van der Waals surface area contributed by atoms with Crippen molar-refractivity contribution in [1.29, 1.82) is 0 Å².